The Hall–Kier alpha value is -1.14. The number of halogens is 1. The van der Waals surface area contributed by atoms with Crippen LogP contribution < -0.4 is 4.90 Å². The summed E-state index contributed by atoms with van der Waals surface area (Å²) in [7, 11) is 0. The van der Waals surface area contributed by atoms with E-state index in [2.05, 4.69) is 0 Å². The third-order valence-corrected chi connectivity index (χ3v) is 5.16. The molecular formula is C14H8ClNOS3. The maximum Gasteiger partial charge on any atom is 0.270 e. The first-order valence-corrected chi connectivity index (χ1v) is 8.15. The van der Waals surface area contributed by atoms with Gasteiger partial charge in [0.2, 0.25) is 0 Å². The van der Waals surface area contributed by atoms with E-state index in [0.717, 1.165) is 10.6 Å². The number of thioether (sulfide) groups is 1. The minimum absolute atomic E-state index is 0.0873. The van der Waals surface area contributed by atoms with Gasteiger partial charge < -0.3 is 0 Å². The molecule has 1 fully saturated rings. The zero-order valence-electron chi connectivity index (χ0n) is 10.1. The van der Waals surface area contributed by atoms with Gasteiger partial charge in [0.25, 0.3) is 5.91 Å². The summed E-state index contributed by atoms with van der Waals surface area (Å²) in [5, 5.41) is 0. The lowest BCUT2D eigenvalue weighted by molar-refractivity contribution is -0.113. The van der Waals surface area contributed by atoms with Crippen LogP contribution in [0.4, 0.5) is 5.69 Å². The highest BCUT2D eigenvalue weighted by Gasteiger charge is 2.33. The van der Waals surface area contributed by atoms with Crippen LogP contribution in [0.5, 0.6) is 0 Å². The second-order valence-electron chi connectivity index (χ2n) is 3.99. The molecule has 0 saturated carbocycles. The zero-order valence-corrected chi connectivity index (χ0v) is 13.3. The standard InChI is InChI=1S/C14H8ClNOS3/c15-12-7-6-10(19-12)8-11-13(17)16(14(18)20-11)9-4-2-1-3-5-9/h1-8H/b11-8-. The maximum atomic E-state index is 12.4. The van der Waals surface area contributed by atoms with Gasteiger partial charge in [-0.25, -0.2) is 0 Å². The molecule has 1 aliphatic heterocycles. The van der Waals surface area contributed by atoms with Crippen molar-refractivity contribution in [1.82, 2.24) is 0 Å². The molecule has 2 heterocycles. The summed E-state index contributed by atoms with van der Waals surface area (Å²) in [5.41, 5.74) is 0.794. The van der Waals surface area contributed by atoms with Gasteiger partial charge >= 0.3 is 0 Å². The summed E-state index contributed by atoms with van der Waals surface area (Å²) in [4.78, 5) is 15.6. The molecule has 1 amide bonds. The molecule has 20 heavy (non-hydrogen) atoms. The van der Waals surface area contributed by atoms with Gasteiger partial charge in [-0.15, -0.1) is 11.3 Å². The summed E-state index contributed by atoms with van der Waals surface area (Å²) >= 11 is 13.9. The number of anilines is 1. The van der Waals surface area contributed by atoms with Crippen molar-refractivity contribution in [3.63, 3.8) is 0 Å². The molecule has 6 heteroatoms. The number of nitrogens with zero attached hydrogens (tertiary/aromatic N) is 1. The number of hydrogen-bond donors (Lipinski definition) is 0. The second-order valence-corrected chi connectivity index (χ2v) is 7.42. The Morgan fingerprint density at radius 3 is 2.55 bits per heavy atom. The van der Waals surface area contributed by atoms with E-state index < -0.39 is 0 Å². The van der Waals surface area contributed by atoms with Gasteiger partial charge in [0.1, 0.15) is 0 Å². The first kappa shape index (κ1) is 13.8. The molecule has 3 rings (SSSR count). The Balaban J connectivity index is 1.93. The van der Waals surface area contributed by atoms with E-state index in [9.17, 15) is 4.79 Å². The molecule has 1 aromatic carbocycles. The summed E-state index contributed by atoms with van der Waals surface area (Å²) < 4.78 is 1.25. The van der Waals surface area contributed by atoms with Gasteiger partial charge in [-0.2, -0.15) is 0 Å². The first-order chi connectivity index (χ1) is 9.65. The number of benzene rings is 1. The molecule has 2 nitrogen and oxygen atoms in total. The van der Waals surface area contributed by atoms with Gasteiger partial charge in [-0.3, -0.25) is 9.69 Å². The molecule has 0 aliphatic carbocycles. The van der Waals surface area contributed by atoms with Crippen LogP contribution in [0, 0.1) is 0 Å². The summed E-state index contributed by atoms with van der Waals surface area (Å²) in [6.07, 6.45) is 1.83. The number of para-hydroxylation sites is 1. The molecule has 0 N–H and O–H groups in total. The predicted octanol–water partition coefficient (Wildman–Crippen LogP) is 4.81. The van der Waals surface area contributed by atoms with Crippen molar-refractivity contribution in [1.29, 1.82) is 0 Å². The first-order valence-electron chi connectivity index (χ1n) is 5.73. The van der Waals surface area contributed by atoms with Crippen LogP contribution in [0.2, 0.25) is 4.34 Å². The van der Waals surface area contributed by atoms with Crippen molar-refractivity contribution in [2.24, 2.45) is 0 Å². The van der Waals surface area contributed by atoms with Crippen molar-refractivity contribution in [3.05, 3.63) is 56.6 Å². The largest absolute Gasteiger partial charge is 0.270 e. The van der Waals surface area contributed by atoms with Crippen molar-refractivity contribution >= 4 is 68.9 Å². The van der Waals surface area contributed by atoms with Crippen LogP contribution in [0.15, 0.2) is 47.4 Å². The highest BCUT2D eigenvalue weighted by Crippen LogP contribution is 2.37. The molecule has 1 saturated heterocycles. The molecule has 0 atom stereocenters. The van der Waals surface area contributed by atoms with E-state index in [0.29, 0.717) is 13.6 Å². The van der Waals surface area contributed by atoms with Crippen molar-refractivity contribution < 1.29 is 4.79 Å². The molecule has 0 spiro atoms. The van der Waals surface area contributed by atoms with Gasteiger partial charge in [-0.1, -0.05) is 53.8 Å². The van der Waals surface area contributed by atoms with Crippen molar-refractivity contribution in [2.75, 3.05) is 4.90 Å². The monoisotopic (exact) mass is 337 g/mol. The number of carbonyl (C=O) groups is 1. The average Bonchev–Trinajstić information content (AvgIpc) is 2.96. The third-order valence-electron chi connectivity index (χ3n) is 2.68. The molecular weight excluding hydrogens is 330 g/mol. The van der Waals surface area contributed by atoms with E-state index in [-0.39, 0.29) is 5.91 Å². The van der Waals surface area contributed by atoms with E-state index >= 15 is 0 Å². The van der Waals surface area contributed by atoms with Gasteiger partial charge in [-0.05, 0) is 30.3 Å². The third kappa shape index (κ3) is 2.67. The van der Waals surface area contributed by atoms with Crippen LogP contribution in [-0.4, -0.2) is 10.2 Å². The minimum atomic E-state index is -0.0873. The van der Waals surface area contributed by atoms with Crippen LogP contribution >= 0.6 is 46.9 Å². The second kappa shape index (κ2) is 5.69. The molecule has 0 radical (unpaired) electrons. The molecule has 0 unspecified atom stereocenters. The van der Waals surface area contributed by atoms with Crippen LogP contribution in [0.1, 0.15) is 4.88 Å². The normalized spacial score (nSPS) is 17.2. The summed E-state index contributed by atoms with van der Waals surface area (Å²) in [5.74, 6) is -0.0873. The highest BCUT2D eigenvalue weighted by molar-refractivity contribution is 8.27. The van der Waals surface area contributed by atoms with Crippen LogP contribution in [0.3, 0.4) is 0 Å². The Labute approximate surface area is 135 Å². The van der Waals surface area contributed by atoms with E-state index in [1.165, 1.54) is 23.1 Å². The average molecular weight is 338 g/mol. The SMILES string of the molecule is O=C1/C(=C/c2ccc(Cl)s2)SC(=S)N1c1ccccc1. The van der Waals surface area contributed by atoms with E-state index in [1.807, 2.05) is 48.5 Å². The number of thiophene rings is 1. The van der Waals surface area contributed by atoms with E-state index in [4.69, 9.17) is 23.8 Å². The summed E-state index contributed by atoms with van der Waals surface area (Å²) in [6.45, 7) is 0. The number of amides is 1. The van der Waals surface area contributed by atoms with Crippen molar-refractivity contribution in [2.45, 2.75) is 0 Å². The molecule has 1 aromatic heterocycles. The lowest BCUT2D eigenvalue weighted by Crippen LogP contribution is -2.27. The smallest absolute Gasteiger partial charge is 0.268 e. The molecule has 0 bridgehead atoms. The van der Waals surface area contributed by atoms with Gasteiger partial charge in [0.05, 0.1) is 14.9 Å². The van der Waals surface area contributed by atoms with Gasteiger partial charge in [0.15, 0.2) is 4.32 Å². The Morgan fingerprint density at radius 2 is 1.90 bits per heavy atom. The van der Waals surface area contributed by atoms with E-state index in [1.54, 1.807) is 4.90 Å². The number of hydrogen-bond acceptors (Lipinski definition) is 4. The Kier molecular flexibility index (Phi) is 3.94. The van der Waals surface area contributed by atoms with Crippen LogP contribution in [0.25, 0.3) is 6.08 Å². The van der Waals surface area contributed by atoms with Crippen LogP contribution in [-0.2, 0) is 4.79 Å². The molecule has 100 valence electrons. The number of thiocarbonyl (C=S) groups is 1. The number of carbonyl (C=O) groups excluding carboxylic acids is 1. The minimum Gasteiger partial charge on any atom is -0.268 e. The predicted molar refractivity (Wildman–Crippen MR) is 91.4 cm³/mol. The maximum absolute atomic E-state index is 12.4. The zero-order chi connectivity index (χ0) is 14.1. The molecule has 2 aromatic rings. The molecule has 1 aliphatic rings. The topological polar surface area (TPSA) is 20.3 Å². The Bertz CT molecular complexity index is 708. The van der Waals surface area contributed by atoms with Crippen molar-refractivity contribution in [3.8, 4) is 0 Å². The fraction of sp³-hybridized carbons (Fsp3) is 0. The fourth-order valence-corrected chi connectivity index (χ4v) is 4.17. The highest BCUT2D eigenvalue weighted by atomic mass is 35.5. The lowest BCUT2D eigenvalue weighted by atomic mass is 10.3. The number of rotatable bonds is 2. The quantitative estimate of drug-likeness (QED) is 0.579. The lowest BCUT2D eigenvalue weighted by Gasteiger charge is -2.13. The summed E-state index contributed by atoms with van der Waals surface area (Å²) in [6, 6.07) is 13.1. The van der Waals surface area contributed by atoms with Gasteiger partial charge in [0, 0.05) is 4.88 Å². The fourth-order valence-electron chi connectivity index (χ4n) is 1.80. The Morgan fingerprint density at radius 1 is 1.15 bits per heavy atom.